The van der Waals surface area contributed by atoms with Crippen molar-refractivity contribution in [3.8, 4) is 0 Å². The summed E-state index contributed by atoms with van der Waals surface area (Å²) in [5.41, 5.74) is 0.276. The van der Waals surface area contributed by atoms with Gasteiger partial charge in [-0.25, -0.2) is 12.7 Å². The summed E-state index contributed by atoms with van der Waals surface area (Å²) in [5.74, 6) is -2.19. The van der Waals surface area contributed by atoms with Crippen molar-refractivity contribution in [1.82, 2.24) is 9.62 Å². The van der Waals surface area contributed by atoms with E-state index in [2.05, 4.69) is 5.32 Å². The molecule has 0 aliphatic heterocycles. The van der Waals surface area contributed by atoms with Gasteiger partial charge in [0, 0.05) is 25.2 Å². The number of hydrogen-bond donors (Lipinski definition) is 2. The summed E-state index contributed by atoms with van der Waals surface area (Å²) in [6, 6.07) is 5.95. The van der Waals surface area contributed by atoms with E-state index < -0.39 is 21.9 Å². The second-order valence-corrected chi connectivity index (χ2v) is 7.85. The Morgan fingerprint density at radius 3 is 2.61 bits per heavy atom. The molecular formula is C15H20N2O5S. The molecule has 8 heteroatoms. The highest BCUT2D eigenvalue weighted by Crippen LogP contribution is 2.21. The van der Waals surface area contributed by atoms with Gasteiger partial charge in [-0.2, -0.15) is 0 Å². The van der Waals surface area contributed by atoms with E-state index in [0.717, 1.165) is 17.1 Å². The first-order valence-corrected chi connectivity index (χ1v) is 8.76. The number of amides is 1. The number of benzene rings is 1. The predicted octanol–water partition coefficient (Wildman–Crippen LogP) is 0.920. The molecule has 2 N–H and O–H groups in total. The van der Waals surface area contributed by atoms with Gasteiger partial charge in [0.1, 0.15) is 0 Å². The van der Waals surface area contributed by atoms with Gasteiger partial charge < -0.3 is 10.4 Å². The number of carbonyl (C=O) groups is 2. The Morgan fingerprint density at radius 2 is 2.04 bits per heavy atom. The molecule has 1 unspecified atom stereocenters. The quantitative estimate of drug-likeness (QED) is 0.768. The molecular weight excluding hydrogens is 320 g/mol. The van der Waals surface area contributed by atoms with E-state index in [1.165, 1.54) is 32.2 Å². The number of sulfonamides is 1. The van der Waals surface area contributed by atoms with E-state index in [-0.39, 0.29) is 29.0 Å². The van der Waals surface area contributed by atoms with Crippen LogP contribution < -0.4 is 5.32 Å². The number of carboxylic acids is 1. The van der Waals surface area contributed by atoms with Crippen LogP contribution in [0.4, 0.5) is 0 Å². The van der Waals surface area contributed by atoms with E-state index in [4.69, 9.17) is 5.11 Å². The Kier molecular flexibility index (Phi) is 5.06. The van der Waals surface area contributed by atoms with Crippen LogP contribution >= 0.6 is 0 Å². The molecule has 126 valence electrons. The van der Waals surface area contributed by atoms with Crippen LogP contribution in [0.15, 0.2) is 29.2 Å². The first kappa shape index (κ1) is 17.4. The Morgan fingerprint density at radius 1 is 1.39 bits per heavy atom. The van der Waals surface area contributed by atoms with Gasteiger partial charge in [-0.1, -0.05) is 13.0 Å². The van der Waals surface area contributed by atoms with Crippen molar-refractivity contribution in [3.05, 3.63) is 29.8 Å². The topological polar surface area (TPSA) is 104 Å². The molecule has 1 saturated carbocycles. The summed E-state index contributed by atoms with van der Waals surface area (Å²) in [6.07, 6.45) is 1.89. The van der Waals surface area contributed by atoms with Crippen molar-refractivity contribution in [1.29, 1.82) is 0 Å². The Bertz CT molecular complexity index is 712. The standard InChI is InChI=1S/C15H20N2O5S/c1-10(15(19)20)9-17(2)23(21,22)13-5-3-4-11(8-13)14(18)16-12-6-7-12/h3-5,8,10,12H,6-7,9H2,1-2H3,(H,16,18)(H,19,20). The maximum absolute atomic E-state index is 12.5. The van der Waals surface area contributed by atoms with Gasteiger partial charge in [-0.3, -0.25) is 9.59 Å². The lowest BCUT2D eigenvalue weighted by atomic mass is 10.2. The summed E-state index contributed by atoms with van der Waals surface area (Å²) in [5, 5.41) is 11.7. The van der Waals surface area contributed by atoms with Crippen molar-refractivity contribution < 1.29 is 23.1 Å². The number of rotatable bonds is 7. The van der Waals surface area contributed by atoms with E-state index >= 15 is 0 Å². The minimum Gasteiger partial charge on any atom is -0.481 e. The van der Waals surface area contributed by atoms with Crippen molar-refractivity contribution >= 4 is 21.9 Å². The average molecular weight is 340 g/mol. The molecule has 1 amide bonds. The molecule has 0 spiro atoms. The van der Waals surface area contributed by atoms with Gasteiger partial charge in [0.15, 0.2) is 0 Å². The molecule has 0 saturated heterocycles. The van der Waals surface area contributed by atoms with Gasteiger partial charge in [0.25, 0.3) is 5.91 Å². The fraction of sp³-hybridized carbons (Fsp3) is 0.467. The predicted molar refractivity (Wildman–Crippen MR) is 83.5 cm³/mol. The number of hydrogen-bond acceptors (Lipinski definition) is 4. The summed E-state index contributed by atoms with van der Waals surface area (Å²) >= 11 is 0. The number of carboxylic acid groups (broad SMARTS) is 1. The Hall–Kier alpha value is -1.93. The first-order valence-electron chi connectivity index (χ1n) is 7.32. The average Bonchev–Trinajstić information content (AvgIpc) is 3.31. The fourth-order valence-electron chi connectivity index (χ4n) is 2.04. The van der Waals surface area contributed by atoms with Crippen molar-refractivity contribution in [3.63, 3.8) is 0 Å². The first-order chi connectivity index (χ1) is 10.7. The van der Waals surface area contributed by atoms with Crippen LogP contribution in [-0.4, -0.2) is 49.3 Å². The van der Waals surface area contributed by atoms with Crippen molar-refractivity contribution in [2.45, 2.75) is 30.7 Å². The SMILES string of the molecule is CC(CN(C)S(=O)(=O)c1cccc(C(=O)NC2CC2)c1)C(=O)O. The number of nitrogens with one attached hydrogen (secondary N) is 1. The summed E-state index contributed by atoms with van der Waals surface area (Å²) in [4.78, 5) is 22.9. The van der Waals surface area contributed by atoms with E-state index in [1.807, 2.05) is 0 Å². The van der Waals surface area contributed by atoms with Crippen molar-refractivity contribution in [2.75, 3.05) is 13.6 Å². The summed E-state index contributed by atoms with van der Waals surface area (Å²) in [6.45, 7) is 1.30. The molecule has 2 rings (SSSR count). The van der Waals surface area contributed by atoms with Crippen LogP contribution in [0.2, 0.25) is 0 Å². The van der Waals surface area contributed by atoms with E-state index in [1.54, 1.807) is 6.07 Å². The third-order valence-electron chi connectivity index (χ3n) is 3.67. The monoisotopic (exact) mass is 340 g/mol. The third kappa shape index (κ3) is 4.29. The molecule has 1 aromatic carbocycles. The molecule has 1 aromatic rings. The van der Waals surface area contributed by atoms with Crippen LogP contribution in [0.25, 0.3) is 0 Å². The summed E-state index contributed by atoms with van der Waals surface area (Å²) < 4.78 is 26.0. The molecule has 0 bridgehead atoms. The maximum Gasteiger partial charge on any atom is 0.307 e. The lowest BCUT2D eigenvalue weighted by molar-refractivity contribution is -0.141. The van der Waals surface area contributed by atoms with E-state index in [0.29, 0.717) is 0 Å². The summed E-state index contributed by atoms with van der Waals surface area (Å²) in [7, 11) is -2.52. The molecule has 7 nitrogen and oxygen atoms in total. The second kappa shape index (κ2) is 6.67. The van der Waals surface area contributed by atoms with Crippen LogP contribution in [-0.2, 0) is 14.8 Å². The van der Waals surface area contributed by atoms with Gasteiger partial charge in [-0.05, 0) is 31.0 Å². The molecule has 0 heterocycles. The van der Waals surface area contributed by atoms with E-state index in [9.17, 15) is 18.0 Å². The normalized spacial score (nSPS) is 16.1. The lowest BCUT2D eigenvalue weighted by Gasteiger charge is -2.19. The molecule has 23 heavy (non-hydrogen) atoms. The molecule has 1 fully saturated rings. The molecule has 1 aliphatic rings. The Balaban J connectivity index is 2.18. The number of nitrogens with zero attached hydrogens (tertiary/aromatic N) is 1. The maximum atomic E-state index is 12.5. The molecule has 0 aromatic heterocycles. The zero-order valence-electron chi connectivity index (χ0n) is 13.0. The van der Waals surface area contributed by atoms with Gasteiger partial charge in [-0.15, -0.1) is 0 Å². The molecule has 0 radical (unpaired) electrons. The van der Waals surface area contributed by atoms with Crippen LogP contribution in [0.5, 0.6) is 0 Å². The molecule has 1 aliphatic carbocycles. The minimum absolute atomic E-state index is 0.0268. The second-order valence-electron chi connectivity index (χ2n) is 5.80. The van der Waals surface area contributed by atoms with Crippen LogP contribution in [0.3, 0.4) is 0 Å². The molecule has 1 atom stereocenters. The third-order valence-corrected chi connectivity index (χ3v) is 5.49. The minimum atomic E-state index is -3.85. The van der Waals surface area contributed by atoms with Gasteiger partial charge in [0.05, 0.1) is 10.8 Å². The lowest BCUT2D eigenvalue weighted by Crippen LogP contribution is -2.34. The fourth-order valence-corrected chi connectivity index (χ4v) is 3.34. The smallest absolute Gasteiger partial charge is 0.307 e. The van der Waals surface area contributed by atoms with Crippen LogP contribution in [0.1, 0.15) is 30.1 Å². The van der Waals surface area contributed by atoms with Gasteiger partial charge in [0.2, 0.25) is 10.0 Å². The van der Waals surface area contributed by atoms with Crippen LogP contribution in [0, 0.1) is 5.92 Å². The zero-order valence-corrected chi connectivity index (χ0v) is 13.8. The zero-order chi connectivity index (χ0) is 17.2. The largest absolute Gasteiger partial charge is 0.481 e. The highest BCUT2D eigenvalue weighted by atomic mass is 32.2. The Labute approximate surface area is 135 Å². The number of carbonyl (C=O) groups excluding carboxylic acids is 1. The van der Waals surface area contributed by atoms with Crippen molar-refractivity contribution in [2.24, 2.45) is 5.92 Å². The highest BCUT2D eigenvalue weighted by molar-refractivity contribution is 7.89. The number of aliphatic carboxylic acids is 1. The highest BCUT2D eigenvalue weighted by Gasteiger charge is 2.27. The van der Waals surface area contributed by atoms with Gasteiger partial charge >= 0.3 is 5.97 Å².